The molecule has 0 aliphatic carbocycles. The van der Waals surface area contributed by atoms with Crippen LogP contribution in [0.15, 0.2) is 24.3 Å². The van der Waals surface area contributed by atoms with E-state index in [4.69, 9.17) is 0 Å². The SMILES string of the molecule is O=C(Nc1ccc(I)cc1)C(F)(F)C(F)(F)C(F)(F)C(F)(F)C(F)(F)C(F)(F)C(F)(F)C(F)(F)F. The van der Waals surface area contributed by atoms with E-state index in [0.717, 1.165) is 17.4 Å². The lowest BCUT2D eigenvalue weighted by Gasteiger charge is -2.42. The summed E-state index contributed by atoms with van der Waals surface area (Å²) in [5, 5.41) is 0.797. The van der Waals surface area contributed by atoms with Gasteiger partial charge in [0.2, 0.25) is 0 Å². The summed E-state index contributed by atoms with van der Waals surface area (Å²) in [6, 6.07) is 3.29. The smallest absolute Gasteiger partial charge is 0.321 e. The predicted molar refractivity (Wildman–Crippen MR) is 88.5 cm³/mol. The fraction of sp³-hybridized carbons (Fsp3) is 0.533. The van der Waals surface area contributed by atoms with Gasteiger partial charge in [0.05, 0.1) is 0 Å². The molecule has 1 N–H and O–H groups in total. The first-order chi connectivity index (χ1) is 15.1. The van der Waals surface area contributed by atoms with Gasteiger partial charge in [-0.15, -0.1) is 0 Å². The van der Waals surface area contributed by atoms with Crippen LogP contribution in [0.5, 0.6) is 0 Å². The van der Waals surface area contributed by atoms with Gasteiger partial charge in [-0.2, -0.15) is 74.6 Å². The number of carbonyl (C=O) groups excluding carboxylic acids is 1. The van der Waals surface area contributed by atoms with Gasteiger partial charge < -0.3 is 5.32 Å². The third kappa shape index (κ3) is 4.46. The lowest BCUT2D eigenvalue weighted by molar-refractivity contribution is -0.459. The van der Waals surface area contributed by atoms with Crippen LogP contribution in [0.3, 0.4) is 0 Å². The largest absolute Gasteiger partial charge is 0.460 e. The van der Waals surface area contributed by atoms with E-state index in [1.54, 1.807) is 22.6 Å². The van der Waals surface area contributed by atoms with E-state index in [0.29, 0.717) is 15.7 Å². The van der Waals surface area contributed by atoms with E-state index in [1.165, 1.54) is 0 Å². The summed E-state index contributed by atoms with van der Waals surface area (Å²) in [5.41, 5.74) is -0.886. The molecule has 0 aliphatic rings. The zero-order chi connectivity index (χ0) is 28.3. The number of carbonyl (C=O) groups is 1. The van der Waals surface area contributed by atoms with Crippen LogP contribution in [0.4, 0.5) is 80.3 Å². The number of nitrogens with one attached hydrogen (secondary N) is 1. The van der Waals surface area contributed by atoms with Crippen molar-refractivity contribution in [2.24, 2.45) is 0 Å². The minimum atomic E-state index is -8.74. The van der Waals surface area contributed by atoms with Gasteiger partial charge in [-0.1, -0.05) is 0 Å². The maximum absolute atomic E-state index is 13.8. The molecule has 0 bridgehead atoms. The Labute approximate surface area is 195 Å². The van der Waals surface area contributed by atoms with Gasteiger partial charge in [-0.05, 0) is 46.9 Å². The Kier molecular flexibility index (Phi) is 7.74. The van der Waals surface area contributed by atoms with Crippen molar-refractivity contribution in [3.05, 3.63) is 27.8 Å². The summed E-state index contributed by atoms with van der Waals surface area (Å²) in [6.45, 7) is 0. The van der Waals surface area contributed by atoms with Crippen LogP contribution in [0.25, 0.3) is 0 Å². The molecule has 202 valence electrons. The molecule has 1 amide bonds. The van der Waals surface area contributed by atoms with Crippen molar-refractivity contribution in [2.45, 2.75) is 47.6 Å². The van der Waals surface area contributed by atoms with Gasteiger partial charge in [-0.25, -0.2) is 0 Å². The van der Waals surface area contributed by atoms with Crippen molar-refractivity contribution in [2.75, 3.05) is 5.32 Å². The summed E-state index contributed by atoms with van der Waals surface area (Å²) in [4.78, 5) is 11.4. The highest BCUT2D eigenvalue weighted by atomic mass is 127. The lowest BCUT2D eigenvalue weighted by atomic mass is 9.89. The quantitative estimate of drug-likeness (QED) is 0.231. The Morgan fingerprint density at radius 1 is 0.543 bits per heavy atom. The number of anilines is 1. The Hall–Kier alpha value is -1.77. The molecular formula is C15H5F17INO. The van der Waals surface area contributed by atoms with E-state index >= 15 is 0 Å². The third-order valence-electron chi connectivity index (χ3n) is 4.11. The van der Waals surface area contributed by atoms with Crippen molar-refractivity contribution < 1.29 is 79.4 Å². The number of rotatable bonds is 8. The maximum Gasteiger partial charge on any atom is 0.460 e. The van der Waals surface area contributed by atoms with Gasteiger partial charge in [0, 0.05) is 9.26 Å². The molecule has 0 spiro atoms. The normalized spacial score (nSPS) is 15.3. The molecule has 0 aliphatic heterocycles. The second-order valence-corrected chi connectivity index (χ2v) is 7.73. The molecule has 1 aromatic carbocycles. The van der Waals surface area contributed by atoms with E-state index in [2.05, 4.69) is 0 Å². The summed E-state index contributed by atoms with van der Waals surface area (Å²) in [6.07, 6.45) is -7.83. The van der Waals surface area contributed by atoms with Crippen LogP contribution in [0.2, 0.25) is 0 Å². The average molecular weight is 665 g/mol. The van der Waals surface area contributed by atoms with Gasteiger partial charge in [-0.3, -0.25) is 4.79 Å². The molecule has 35 heavy (non-hydrogen) atoms. The van der Waals surface area contributed by atoms with Crippen LogP contribution >= 0.6 is 22.6 Å². The second kappa shape index (κ2) is 8.67. The van der Waals surface area contributed by atoms with Crippen molar-refractivity contribution in [3.8, 4) is 0 Å². The average Bonchev–Trinajstić information content (AvgIpc) is 2.67. The zero-order valence-corrected chi connectivity index (χ0v) is 17.7. The lowest BCUT2D eigenvalue weighted by Crippen LogP contribution is -2.75. The van der Waals surface area contributed by atoms with E-state index in [1.807, 2.05) is 0 Å². The molecule has 0 saturated carbocycles. The molecule has 0 atom stereocenters. The van der Waals surface area contributed by atoms with E-state index < -0.39 is 59.2 Å². The monoisotopic (exact) mass is 665 g/mol. The Balaban J connectivity index is 3.56. The number of hydrogen-bond donors (Lipinski definition) is 1. The van der Waals surface area contributed by atoms with Crippen molar-refractivity contribution in [1.82, 2.24) is 0 Å². The van der Waals surface area contributed by atoms with Crippen LogP contribution < -0.4 is 5.32 Å². The molecule has 2 nitrogen and oxygen atoms in total. The third-order valence-corrected chi connectivity index (χ3v) is 4.83. The minimum Gasteiger partial charge on any atom is -0.321 e. The van der Waals surface area contributed by atoms with E-state index in [9.17, 15) is 79.4 Å². The molecule has 0 radical (unpaired) electrons. The number of amides is 1. The molecule has 1 rings (SSSR count). The summed E-state index contributed by atoms with van der Waals surface area (Å²) in [7, 11) is 0. The van der Waals surface area contributed by atoms with Gasteiger partial charge >= 0.3 is 53.5 Å². The second-order valence-electron chi connectivity index (χ2n) is 6.48. The van der Waals surface area contributed by atoms with Crippen LogP contribution in [-0.2, 0) is 4.79 Å². The molecule has 20 heteroatoms. The molecular weight excluding hydrogens is 660 g/mol. The summed E-state index contributed by atoms with van der Waals surface area (Å²) >= 11 is 1.58. The molecule has 0 saturated heterocycles. The highest BCUT2D eigenvalue weighted by Gasteiger charge is 2.95. The van der Waals surface area contributed by atoms with Crippen LogP contribution in [0, 0.1) is 3.57 Å². The van der Waals surface area contributed by atoms with Crippen LogP contribution in [0.1, 0.15) is 0 Å². The Morgan fingerprint density at radius 2 is 0.857 bits per heavy atom. The standard InChI is InChI=1S/C15H5F17INO/c16-8(17,7(35)34-6-3-1-5(33)2-4-6)9(18,19)10(20,21)11(22,23)12(24,25)13(26,27)14(28,29)15(30,31)32/h1-4H,(H,34,35). The maximum atomic E-state index is 13.8. The van der Waals surface area contributed by atoms with Gasteiger partial charge in [0.15, 0.2) is 0 Å². The molecule has 0 fully saturated rings. The topological polar surface area (TPSA) is 29.1 Å². The fourth-order valence-electron chi connectivity index (χ4n) is 2.05. The molecule has 1 aromatic rings. The van der Waals surface area contributed by atoms with E-state index in [-0.39, 0.29) is 0 Å². The number of alkyl halides is 17. The first-order valence-electron chi connectivity index (χ1n) is 7.93. The molecule has 0 unspecified atom stereocenters. The van der Waals surface area contributed by atoms with Crippen molar-refractivity contribution in [1.29, 1.82) is 0 Å². The Bertz CT molecular complexity index is 938. The predicted octanol–water partition coefficient (Wildman–Crippen LogP) is 7.24. The molecule has 0 heterocycles. The number of hydrogen-bond acceptors (Lipinski definition) is 1. The number of benzene rings is 1. The highest BCUT2D eigenvalue weighted by Crippen LogP contribution is 2.63. The van der Waals surface area contributed by atoms with Crippen molar-refractivity contribution in [3.63, 3.8) is 0 Å². The van der Waals surface area contributed by atoms with Gasteiger partial charge in [0.1, 0.15) is 0 Å². The minimum absolute atomic E-state index is 0.308. The van der Waals surface area contributed by atoms with Crippen LogP contribution in [-0.4, -0.2) is 53.5 Å². The Morgan fingerprint density at radius 3 is 1.20 bits per heavy atom. The highest BCUT2D eigenvalue weighted by molar-refractivity contribution is 14.1. The van der Waals surface area contributed by atoms with Crippen molar-refractivity contribution >= 4 is 34.2 Å². The number of halogens is 18. The summed E-state index contributed by atoms with van der Waals surface area (Å²) < 4.78 is 224. The first-order valence-corrected chi connectivity index (χ1v) is 9.01. The fourth-order valence-corrected chi connectivity index (χ4v) is 2.41. The first kappa shape index (κ1) is 31.3. The van der Waals surface area contributed by atoms with Gasteiger partial charge in [0.25, 0.3) is 0 Å². The summed E-state index contributed by atoms with van der Waals surface area (Å²) in [5.74, 6) is -61.6. The zero-order valence-electron chi connectivity index (χ0n) is 15.5. The molecule has 0 aromatic heterocycles.